The van der Waals surface area contributed by atoms with Gasteiger partial charge in [-0.15, -0.1) is 0 Å². The highest BCUT2D eigenvalue weighted by molar-refractivity contribution is 5.77. The first-order valence-corrected chi connectivity index (χ1v) is 29.7. The Bertz CT molecular complexity index is 1340. The van der Waals surface area contributed by atoms with E-state index in [2.05, 4.69) is 32.6 Å². The molecular weight excluding hydrogens is 965 g/mol. The maximum atomic E-state index is 13.5. The van der Waals surface area contributed by atoms with E-state index in [0.29, 0.717) is 32.5 Å². The number of amides is 1. The fraction of sp³-hybridized carbons (Fsp3) is 0.879. The molecule has 1 saturated heterocycles. The molecule has 0 unspecified atom stereocenters. The van der Waals surface area contributed by atoms with E-state index in [4.69, 9.17) is 33.2 Å². The Balaban J connectivity index is 2.96. The molecule has 1 heterocycles. The number of carbonyl (C=O) groups is 7. The second-order valence-corrected chi connectivity index (χ2v) is 20.5. The fourth-order valence-corrected chi connectivity index (χ4v) is 8.80. The maximum Gasteiger partial charge on any atom is 0.410 e. The Morgan fingerprint density at radius 1 is 0.387 bits per heavy atom. The van der Waals surface area contributed by atoms with Gasteiger partial charge < -0.3 is 43.2 Å². The number of hydrogen-bond acceptors (Lipinski definition) is 16. The van der Waals surface area contributed by atoms with Gasteiger partial charge in [0.2, 0.25) is 0 Å². The van der Waals surface area contributed by atoms with E-state index in [-0.39, 0.29) is 104 Å². The van der Waals surface area contributed by atoms with Crippen LogP contribution in [0.15, 0.2) is 0 Å². The van der Waals surface area contributed by atoms with Crippen molar-refractivity contribution in [3.63, 3.8) is 0 Å². The van der Waals surface area contributed by atoms with E-state index in [1.165, 1.54) is 30.6 Å². The summed E-state index contributed by atoms with van der Waals surface area (Å²) in [5.41, 5.74) is 0. The third kappa shape index (κ3) is 41.8. The van der Waals surface area contributed by atoms with Gasteiger partial charge in [-0.1, -0.05) is 156 Å². The number of unbranched alkanes of at least 4 members (excludes halogenated alkanes) is 20. The van der Waals surface area contributed by atoms with Crippen LogP contribution in [0.2, 0.25) is 0 Å². The van der Waals surface area contributed by atoms with Gasteiger partial charge in [-0.25, -0.2) is 4.79 Å². The summed E-state index contributed by atoms with van der Waals surface area (Å²) in [4.78, 5) is 95.0. The lowest BCUT2D eigenvalue weighted by Gasteiger charge is -2.29. The third-order valence-electron chi connectivity index (χ3n) is 13.5. The zero-order valence-corrected chi connectivity index (χ0v) is 47.4. The number of rotatable bonds is 49. The minimum Gasteiger partial charge on any atom is -0.466 e. The number of nitrogens with zero attached hydrogens (tertiary/aromatic N) is 2. The Hall–Kier alpha value is -3.99. The zero-order valence-electron chi connectivity index (χ0n) is 47.4. The molecule has 17 nitrogen and oxygen atoms in total. The molecular formula is C58H104N2O15. The Morgan fingerprint density at radius 3 is 0.947 bits per heavy atom. The van der Waals surface area contributed by atoms with Gasteiger partial charge >= 0.3 is 41.9 Å². The average Bonchev–Trinajstić information content (AvgIpc) is 3.37. The lowest BCUT2D eigenvalue weighted by molar-refractivity contribution is -0.152. The molecule has 1 N–H and O–H groups in total. The molecule has 1 amide bonds. The Labute approximate surface area is 452 Å². The van der Waals surface area contributed by atoms with Crippen molar-refractivity contribution in [3.05, 3.63) is 0 Å². The van der Waals surface area contributed by atoms with Crippen molar-refractivity contribution in [1.29, 1.82) is 0 Å². The van der Waals surface area contributed by atoms with Crippen molar-refractivity contribution in [2.75, 3.05) is 79.0 Å². The van der Waals surface area contributed by atoms with Gasteiger partial charge in [0.15, 0.2) is 0 Å². The summed E-state index contributed by atoms with van der Waals surface area (Å²) in [5, 5.41) is 9.90. The summed E-state index contributed by atoms with van der Waals surface area (Å²) in [6.45, 7) is 10.7. The molecule has 0 aromatic carbocycles. The summed E-state index contributed by atoms with van der Waals surface area (Å²) in [5.74, 6) is -4.84. The maximum absolute atomic E-state index is 13.5. The molecule has 1 fully saturated rings. The first-order valence-electron chi connectivity index (χ1n) is 29.7. The van der Waals surface area contributed by atoms with Gasteiger partial charge in [0.1, 0.15) is 19.8 Å². The van der Waals surface area contributed by atoms with Crippen molar-refractivity contribution in [2.45, 2.75) is 239 Å². The van der Waals surface area contributed by atoms with Crippen LogP contribution in [0.25, 0.3) is 0 Å². The molecule has 0 saturated carbocycles. The number of aliphatic hydroxyl groups is 1. The Kier molecular flexibility index (Phi) is 44.5. The fourth-order valence-electron chi connectivity index (χ4n) is 8.80. The molecule has 75 heavy (non-hydrogen) atoms. The van der Waals surface area contributed by atoms with Crippen molar-refractivity contribution in [1.82, 2.24) is 9.80 Å². The number of likely N-dealkylation sites (tertiary alicyclic amines) is 1. The standard InChI is InChI=1S/C58H104N2O15/c1-5-9-13-17-21-25-36-69-52(62)43-49(44-53(63)70-37-26-22-18-14-10-6-2)47-56(66)73-41-34-60(58(68)75-40-33-59-31-29-51(61)30-32-59)35-42-74-57(67)48-50(45-54(64)71-38-27-23-19-15-11-7-3)46-55(65)72-39-28-24-20-16-12-8-4/h49-51,61H,5-48H2,1-4H3. The molecule has 0 aromatic rings. The molecule has 0 aromatic heterocycles. The molecule has 0 aliphatic carbocycles. The Morgan fingerprint density at radius 2 is 0.653 bits per heavy atom. The summed E-state index contributed by atoms with van der Waals surface area (Å²) in [6, 6.07) is 0. The topological polar surface area (TPSA) is 211 Å². The van der Waals surface area contributed by atoms with Gasteiger partial charge in [-0.05, 0) is 50.4 Å². The number of esters is 6. The minimum atomic E-state index is -0.726. The van der Waals surface area contributed by atoms with Crippen LogP contribution in [0.3, 0.4) is 0 Å². The van der Waals surface area contributed by atoms with E-state index in [1.807, 2.05) is 0 Å². The molecule has 0 spiro atoms. The summed E-state index contributed by atoms with van der Waals surface area (Å²) in [6.07, 6.45) is 23.7. The number of aliphatic hydroxyl groups excluding tert-OH is 1. The summed E-state index contributed by atoms with van der Waals surface area (Å²) >= 11 is 0. The molecule has 0 bridgehead atoms. The predicted molar refractivity (Wildman–Crippen MR) is 289 cm³/mol. The van der Waals surface area contributed by atoms with E-state index in [1.54, 1.807) is 0 Å². The molecule has 0 atom stereocenters. The summed E-state index contributed by atoms with van der Waals surface area (Å²) in [7, 11) is 0. The van der Waals surface area contributed by atoms with Crippen LogP contribution in [0.5, 0.6) is 0 Å². The van der Waals surface area contributed by atoms with Crippen LogP contribution in [0.4, 0.5) is 4.79 Å². The average molecular weight is 1070 g/mol. The summed E-state index contributed by atoms with van der Waals surface area (Å²) < 4.78 is 38.7. The van der Waals surface area contributed by atoms with Crippen LogP contribution >= 0.6 is 0 Å². The number of hydrogen-bond donors (Lipinski definition) is 1. The first-order chi connectivity index (χ1) is 36.4. The van der Waals surface area contributed by atoms with Crippen LogP contribution in [0.1, 0.15) is 233 Å². The van der Waals surface area contributed by atoms with E-state index >= 15 is 0 Å². The number of ether oxygens (including phenoxy) is 7. The molecule has 1 aliphatic rings. The third-order valence-corrected chi connectivity index (χ3v) is 13.5. The largest absolute Gasteiger partial charge is 0.466 e. The monoisotopic (exact) mass is 1070 g/mol. The van der Waals surface area contributed by atoms with Crippen molar-refractivity contribution >= 4 is 41.9 Å². The molecule has 1 rings (SSSR count). The van der Waals surface area contributed by atoms with Crippen molar-refractivity contribution < 1.29 is 71.8 Å². The van der Waals surface area contributed by atoms with Crippen LogP contribution in [0, 0.1) is 11.8 Å². The quantitative estimate of drug-likeness (QED) is 0.0341. The first kappa shape index (κ1) is 69.0. The highest BCUT2D eigenvalue weighted by Crippen LogP contribution is 2.20. The van der Waals surface area contributed by atoms with Crippen LogP contribution in [-0.4, -0.2) is 142 Å². The molecule has 17 heteroatoms. The lowest BCUT2D eigenvalue weighted by atomic mass is 9.97. The molecule has 0 radical (unpaired) electrons. The second-order valence-electron chi connectivity index (χ2n) is 20.5. The predicted octanol–water partition coefficient (Wildman–Crippen LogP) is 11.2. The zero-order chi connectivity index (χ0) is 55.0. The van der Waals surface area contributed by atoms with Crippen molar-refractivity contribution in [2.24, 2.45) is 11.8 Å². The number of carbonyl (C=O) groups excluding carboxylic acids is 7. The lowest BCUT2D eigenvalue weighted by Crippen LogP contribution is -2.41. The van der Waals surface area contributed by atoms with Gasteiger partial charge in [0.25, 0.3) is 0 Å². The van der Waals surface area contributed by atoms with Crippen LogP contribution in [-0.2, 0) is 61.9 Å². The van der Waals surface area contributed by atoms with E-state index in [0.717, 1.165) is 128 Å². The van der Waals surface area contributed by atoms with Crippen LogP contribution < -0.4 is 0 Å². The normalized spacial score (nSPS) is 12.9. The van der Waals surface area contributed by atoms with Gasteiger partial charge in [-0.3, -0.25) is 33.7 Å². The van der Waals surface area contributed by atoms with Crippen molar-refractivity contribution in [3.8, 4) is 0 Å². The highest BCUT2D eigenvalue weighted by Gasteiger charge is 2.26. The van der Waals surface area contributed by atoms with E-state index < -0.39 is 53.7 Å². The van der Waals surface area contributed by atoms with Gasteiger partial charge in [0.05, 0.1) is 45.6 Å². The smallest absolute Gasteiger partial charge is 0.410 e. The molecule has 1 aliphatic heterocycles. The highest BCUT2D eigenvalue weighted by atomic mass is 16.6. The minimum absolute atomic E-state index is 0.0577. The van der Waals surface area contributed by atoms with Gasteiger partial charge in [-0.2, -0.15) is 0 Å². The number of piperidine rings is 1. The molecule has 436 valence electrons. The van der Waals surface area contributed by atoms with E-state index in [9.17, 15) is 38.7 Å². The van der Waals surface area contributed by atoms with Gasteiger partial charge in [0, 0.05) is 58.2 Å². The SMILES string of the molecule is CCCCCCCCOC(=O)CC(CC(=O)OCCCCCCCC)CC(=O)OCCN(CCOC(=O)CC(CC(=O)OCCCCCCCC)CC(=O)OCCCCCCCC)C(=O)OCCN1CCC(O)CC1. The second kappa shape index (κ2) is 48.4.